The molecule has 1 nitrogen and oxygen atoms in total. The highest BCUT2D eigenvalue weighted by Crippen LogP contribution is 2.59. The van der Waals surface area contributed by atoms with Crippen LogP contribution < -0.4 is 0 Å². The second-order valence-electron chi connectivity index (χ2n) is 10.5. The average molecular weight is 512 g/mol. The number of benzene rings is 2. The number of hydrogen-bond acceptors (Lipinski definition) is 1. The summed E-state index contributed by atoms with van der Waals surface area (Å²) in [7, 11) is 0. The van der Waals surface area contributed by atoms with Gasteiger partial charge in [-0.15, -0.1) is 0 Å². The zero-order chi connectivity index (χ0) is 26.0. The molecule has 0 spiro atoms. The highest BCUT2D eigenvalue weighted by atomic mass is 19.4. The monoisotopic (exact) mass is 511 g/mol. The molecule has 0 heterocycles. The molecule has 2 aromatic carbocycles. The van der Waals surface area contributed by atoms with Gasteiger partial charge in [0.1, 0.15) is 0 Å². The molecule has 2 aliphatic carbocycles. The first-order valence-electron chi connectivity index (χ1n) is 13.1. The Bertz CT molecular complexity index is 952. The molecule has 36 heavy (non-hydrogen) atoms. The van der Waals surface area contributed by atoms with Gasteiger partial charge in [-0.3, -0.25) is 0 Å². The molecule has 4 rings (SSSR count). The molecule has 0 N–H and O–H groups in total. The molecule has 0 unspecified atom stereocenters. The predicted octanol–water partition coefficient (Wildman–Crippen LogP) is 8.15. The van der Waals surface area contributed by atoms with Crippen molar-refractivity contribution >= 4 is 0 Å². The quantitative estimate of drug-likeness (QED) is 0.291. The van der Waals surface area contributed by atoms with Crippen molar-refractivity contribution in [1.29, 1.82) is 0 Å². The van der Waals surface area contributed by atoms with E-state index < -0.39 is 23.2 Å². The summed E-state index contributed by atoms with van der Waals surface area (Å²) >= 11 is 0. The van der Waals surface area contributed by atoms with Crippen LogP contribution >= 0.6 is 0 Å². The van der Waals surface area contributed by atoms with Crippen molar-refractivity contribution in [3.63, 3.8) is 0 Å². The first-order valence-corrected chi connectivity index (χ1v) is 13.1. The van der Waals surface area contributed by atoms with Crippen LogP contribution in [0.4, 0.5) is 26.3 Å². The molecule has 0 atom stereocenters. The van der Waals surface area contributed by atoms with Gasteiger partial charge in [0.05, 0.1) is 10.8 Å². The third-order valence-electron chi connectivity index (χ3n) is 8.61. The zero-order valence-electron chi connectivity index (χ0n) is 20.8. The Labute approximate surface area is 209 Å². The molecule has 2 aromatic rings. The second-order valence-corrected chi connectivity index (χ2v) is 10.5. The fourth-order valence-electron chi connectivity index (χ4n) is 6.06. The fraction of sp³-hybridized carbons (Fsp3) is 0.586. The van der Waals surface area contributed by atoms with Gasteiger partial charge in [0.2, 0.25) is 0 Å². The molecular formula is C29H35F6N. The molecule has 198 valence electrons. The summed E-state index contributed by atoms with van der Waals surface area (Å²) in [6.45, 7) is 4.24. The van der Waals surface area contributed by atoms with Gasteiger partial charge in [-0.05, 0) is 80.3 Å². The molecule has 0 bridgehead atoms. The molecule has 2 aliphatic rings. The van der Waals surface area contributed by atoms with E-state index in [2.05, 4.69) is 17.0 Å². The lowest BCUT2D eigenvalue weighted by molar-refractivity contribution is -0.215. The normalized spacial score (nSPS) is 19.1. The van der Waals surface area contributed by atoms with Crippen LogP contribution in [0.15, 0.2) is 48.5 Å². The largest absolute Gasteiger partial charge is 0.398 e. The minimum absolute atomic E-state index is 0.0515. The Morgan fingerprint density at radius 2 is 1.22 bits per heavy atom. The van der Waals surface area contributed by atoms with Crippen LogP contribution in [-0.4, -0.2) is 36.9 Å². The third kappa shape index (κ3) is 4.92. The van der Waals surface area contributed by atoms with Crippen molar-refractivity contribution in [2.24, 2.45) is 0 Å². The van der Waals surface area contributed by atoms with Gasteiger partial charge in [-0.1, -0.05) is 68.3 Å². The van der Waals surface area contributed by atoms with Gasteiger partial charge in [0.25, 0.3) is 0 Å². The Morgan fingerprint density at radius 1 is 0.694 bits per heavy atom. The fourth-order valence-corrected chi connectivity index (χ4v) is 6.06. The van der Waals surface area contributed by atoms with Gasteiger partial charge in [-0.25, -0.2) is 0 Å². The maximum atomic E-state index is 14.3. The topological polar surface area (TPSA) is 3.24 Å². The number of halogens is 6. The lowest BCUT2D eigenvalue weighted by atomic mass is 9.58. The molecule has 0 saturated heterocycles. The van der Waals surface area contributed by atoms with Crippen molar-refractivity contribution in [2.45, 2.75) is 87.9 Å². The molecule has 0 radical (unpaired) electrons. The summed E-state index contributed by atoms with van der Waals surface area (Å²) in [5.74, 6) is 0. The maximum Gasteiger partial charge on any atom is 0.398 e. The van der Waals surface area contributed by atoms with E-state index in [1.165, 1.54) is 23.8 Å². The van der Waals surface area contributed by atoms with Gasteiger partial charge in [0, 0.05) is 6.54 Å². The highest BCUT2D eigenvalue weighted by Gasteiger charge is 2.63. The SMILES string of the molecule is CCN(CCCc1c(C2(C(F)(F)F)CCC2)cccc1C1(C(F)(F)F)CCC1)CCc1ccccc1. The summed E-state index contributed by atoms with van der Waals surface area (Å²) in [5.41, 5.74) is -2.37. The minimum atomic E-state index is -4.48. The maximum absolute atomic E-state index is 14.3. The Hall–Kier alpha value is -2.02. The molecule has 2 fully saturated rings. The lowest BCUT2D eigenvalue weighted by Gasteiger charge is -2.48. The molecule has 0 aliphatic heterocycles. The summed E-state index contributed by atoms with van der Waals surface area (Å²) in [4.78, 5) is 2.22. The third-order valence-corrected chi connectivity index (χ3v) is 8.61. The van der Waals surface area contributed by atoms with Crippen LogP contribution in [-0.2, 0) is 23.7 Å². The van der Waals surface area contributed by atoms with E-state index in [9.17, 15) is 26.3 Å². The molecule has 7 heteroatoms. The van der Waals surface area contributed by atoms with E-state index in [0.717, 1.165) is 19.5 Å². The van der Waals surface area contributed by atoms with Gasteiger partial charge < -0.3 is 4.90 Å². The van der Waals surface area contributed by atoms with Crippen molar-refractivity contribution in [3.05, 3.63) is 70.8 Å². The summed E-state index contributed by atoms with van der Waals surface area (Å²) < 4.78 is 85.9. The number of likely N-dealkylation sites (N-methyl/N-ethyl adjacent to an activating group) is 1. The second kappa shape index (κ2) is 10.4. The van der Waals surface area contributed by atoms with Crippen LogP contribution in [0, 0.1) is 0 Å². The average Bonchev–Trinajstić information content (AvgIpc) is 2.74. The van der Waals surface area contributed by atoms with Crippen LogP contribution in [0.5, 0.6) is 0 Å². The first kappa shape index (κ1) is 27.0. The Kier molecular flexibility index (Phi) is 7.80. The van der Waals surface area contributed by atoms with E-state index in [4.69, 9.17) is 0 Å². The smallest absolute Gasteiger partial charge is 0.303 e. The van der Waals surface area contributed by atoms with Crippen LogP contribution in [0.1, 0.15) is 74.1 Å². The predicted molar refractivity (Wildman–Crippen MR) is 130 cm³/mol. The Balaban J connectivity index is 1.60. The van der Waals surface area contributed by atoms with Crippen molar-refractivity contribution in [3.8, 4) is 0 Å². The summed E-state index contributed by atoms with van der Waals surface area (Å²) in [6.07, 6.45) is -6.68. The highest BCUT2D eigenvalue weighted by molar-refractivity contribution is 5.48. The summed E-state index contributed by atoms with van der Waals surface area (Å²) in [5, 5.41) is 0. The van der Waals surface area contributed by atoms with Gasteiger partial charge in [-0.2, -0.15) is 26.3 Å². The first-order chi connectivity index (χ1) is 17.0. The van der Waals surface area contributed by atoms with Crippen LogP contribution in [0.2, 0.25) is 0 Å². The van der Waals surface area contributed by atoms with Crippen molar-refractivity contribution in [1.82, 2.24) is 4.90 Å². The van der Waals surface area contributed by atoms with Crippen molar-refractivity contribution in [2.75, 3.05) is 19.6 Å². The van der Waals surface area contributed by atoms with E-state index in [1.54, 1.807) is 0 Å². The van der Waals surface area contributed by atoms with E-state index in [-0.39, 0.29) is 43.2 Å². The van der Waals surface area contributed by atoms with Crippen LogP contribution in [0.25, 0.3) is 0 Å². The standard InChI is InChI=1S/C29H35F6N/c1-2-36(21-15-22-10-4-3-5-11-22)20-7-12-23-24(26(16-8-17-26)28(30,31)32)13-6-14-25(23)27(18-9-19-27)29(33,34)35/h3-6,10-11,13-14H,2,7-9,12,15-21H2,1H3. The van der Waals surface area contributed by atoms with E-state index in [0.29, 0.717) is 31.4 Å². The van der Waals surface area contributed by atoms with Gasteiger partial charge in [0.15, 0.2) is 0 Å². The number of alkyl halides is 6. The number of rotatable bonds is 10. The van der Waals surface area contributed by atoms with Crippen molar-refractivity contribution < 1.29 is 26.3 Å². The number of hydrogen-bond donors (Lipinski definition) is 0. The van der Waals surface area contributed by atoms with E-state index >= 15 is 0 Å². The molecular weight excluding hydrogens is 476 g/mol. The number of nitrogens with zero attached hydrogens (tertiary/aromatic N) is 1. The molecule has 0 aromatic heterocycles. The van der Waals surface area contributed by atoms with E-state index in [1.807, 2.05) is 25.1 Å². The zero-order valence-corrected chi connectivity index (χ0v) is 20.8. The van der Waals surface area contributed by atoms with Crippen LogP contribution in [0.3, 0.4) is 0 Å². The Morgan fingerprint density at radius 3 is 1.64 bits per heavy atom. The molecule has 0 amide bonds. The molecule has 2 saturated carbocycles. The lowest BCUT2D eigenvalue weighted by Crippen LogP contribution is -2.51. The van der Waals surface area contributed by atoms with Gasteiger partial charge >= 0.3 is 12.4 Å². The minimum Gasteiger partial charge on any atom is -0.303 e. The summed E-state index contributed by atoms with van der Waals surface area (Å²) in [6, 6.07) is 14.4.